The van der Waals surface area contributed by atoms with E-state index in [0.717, 1.165) is 68.6 Å². The molecule has 1 aliphatic rings. The minimum absolute atomic E-state index is 0.661. The lowest BCUT2D eigenvalue weighted by Gasteiger charge is -2.30. The van der Waals surface area contributed by atoms with E-state index in [2.05, 4.69) is 34.2 Å². The zero-order chi connectivity index (χ0) is 22.1. The molecular weight excluding hydrogens is 410 g/mol. The van der Waals surface area contributed by atoms with E-state index in [9.17, 15) is 0 Å². The topological polar surface area (TPSA) is 46.2 Å². The Morgan fingerprint density at radius 2 is 1.90 bits per heavy atom. The summed E-state index contributed by atoms with van der Waals surface area (Å²) in [5.74, 6) is 1.58. The number of rotatable bonds is 9. The van der Waals surface area contributed by atoms with Gasteiger partial charge >= 0.3 is 0 Å². The fraction of sp³-hybridized carbons (Fsp3) is 0.458. The summed E-state index contributed by atoms with van der Waals surface area (Å²) in [7, 11) is 3.35. The number of hydrogen-bond acceptors (Lipinski definition) is 5. The van der Waals surface area contributed by atoms with E-state index in [1.165, 1.54) is 5.56 Å². The minimum Gasteiger partial charge on any atom is -0.497 e. The molecular formula is C24H33N3O3S. The molecule has 1 saturated heterocycles. The molecule has 0 amide bonds. The van der Waals surface area contributed by atoms with Crippen LogP contribution < -0.4 is 14.8 Å². The first kappa shape index (κ1) is 23.3. The lowest BCUT2D eigenvalue weighted by Crippen LogP contribution is -2.40. The third-order valence-electron chi connectivity index (χ3n) is 5.54. The second-order valence-electron chi connectivity index (χ2n) is 7.65. The van der Waals surface area contributed by atoms with Crippen LogP contribution in [0, 0.1) is 6.92 Å². The monoisotopic (exact) mass is 443 g/mol. The predicted molar refractivity (Wildman–Crippen MR) is 129 cm³/mol. The highest BCUT2D eigenvalue weighted by molar-refractivity contribution is 7.80. The van der Waals surface area contributed by atoms with E-state index in [0.29, 0.717) is 11.7 Å². The molecule has 31 heavy (non-hydrogen) atoms. The lowest BCUT2D eigenvalue weighted by atomic mass is 10.1. The van der Waals surface area contributed by atoms with Crippen molar-refractivity contribution < 1.29 is 14.2 Å². The first-order chi connectivity index (χ1) is 15.1. The Labute approximate surface area is 191 Å². The molecule has 7 heteroatoms. The lowest BCUT2D eigenvalue weighted by molar-refractivity contribution is 0.0367. The van der Waals surface area contributed by atoms with E-state index in [4.69, 9.17) is 26.4 Å². The summed E-state index contributed by atoms with van der Waals surface area (Å²) in [5.41, 5.74) is 3.27. The average molecular weight is 444 g/mol. The van der Waals surface area contributed by atoms with Crippen molar-refractivity contribution in [2.45, 2.75) is 19.9 Å². The molecule has 3 rings (SSSR count). The molecule has 1 aliphatic heterocycles. The fourth-order valence-electron chi connectivity index (χ4n) is 3.66. The molecule has 0 saturated carbocycles. The maximum absolute atomic E-state index is 5.83. The zero-order valence-corrected chi connectivity index (χ0v) is 19.5. The molecule has 0 bridgehead atoms. The third-order valence-corrected chi connectivity index (χ3v) is 5.90. The van der Waals surface area contributed by atoms with Crippen LogP contribution >= 0.6 is 12.2 Å². The standard InChI is InChI=1S/C24H33N3O3S/c1-19-7-4-5-8-22(19)25-24(31)27(12-6-11-26-13-15-30-16-14-26)18-20-9-10-21(28-2)17-23(20)29-3/h4-5,7-10,17H,6,11-16,18H2,1-3H3,(H,25,31). The number of thiocarbonyl (C=S) groups is 1. The van der Waals surface area contributed by atoms with Gasteiger partial charge in [0.2, 0.25) is 0 Å². The normalized spacial score (nSPS) is 14.2. The first-order valence-corrected chi connectivity index (χ1v) is 11.1. The van der Waals surface area contributed by atoms with E-state index >= 15 is 0 Å². The number of aryl methyl sites for hydroxylation is 1. The quantitative estimate of drug-likeness (QED) is 0.589. The Bertz CT molecular complexity index is 856. The van der Waals surface area contributed by atoms with Crippen molar-refractivity contribution in [3.8, 4) is 11.5 Å². The van der Waals surface area contributed by atoms with Crippen molar-refractivity contribution >= 4 is 23.0 Å². The van der Waals surface area contributed by atoms with Crippen LogP contribution in [0.3, 0.4) is 0 Å². The number of nitrogens with one attached hydrogen (secondary N) is 1. The molecule has 0 aromatic heterocycles. The number of methoxy groups -OCH3 is 2. The van der Waals surface area contributed by atoms with Gasteiger partial charge < -0.3 is 24.4 Å². The van der Waals surface area contributed by atoms with E-state index in [-0.39, 0.29) is 0 Å². The van der Waals surface area contributed by atoms with Crippen molar-refractivity contribution in [1.82, 2.24) is 9.80 Å². The van der Waals surface area contributed by atoms with E-state index in [1.807, 2.05) is 30.3 Å². The summed E-state index contributed by atoms with van der Waals surface area (Å²) >= 11 is 5.83. The smallest absolute Gasteiger partial charge is 0.173 e. The molecule has 0 radical (unpaired) electrons. The summed E-state index contributed by atoms with van der Waals surface area (Å²) in [6.45, 7) is 8.27. The number of hydrogen-bond donors (Lipinski definition) is 1. The summed E-state index contributed by atoms with van der Waals surface area (Å²) in [5, 5.41) is 4.15. The van der Waals surface area contributed by atoms with Crippen LogP contribution in [-0.2, 0) is 11.3 Å². The number of morpholine rings is 1. The van der Waals surface area contributed by atoms with Gasteiger partial charge in [-0.1, -0.05) is 18.2 Å². The summed E-state index contributed by atoms with van der Waals surface area (Å²) < 4.78 is 16.4. The predicted octanol–water partition coefficient (Wildman–Crippen LogP) is 3.93. The van der Waals surface area contributed by atoms with Crippen LogP contribution in [0.15, 0.2) is 42.5 Å². The zero-order valence-electron chi connectivity index (χ0n) is 18.7. The van der Waals surface area contributed by atoms with Crippen molar-refractivity contribution in [2.24, 2.45) is 0 Å². The highest BCUT2D eigenvalue weighted by Gasteiger charge is 2.16. The molecule has 1 heterocycles. The number of nitrogens with zero attached hydrogens (tertiary/aromatic N) is 2. The van der Waals surface area contributed by atoms with Gasteiger partial charge in [0, 0.05) is 50.0 Å². The molecule has 0 spiro atoms. The van der Waals surface area contributed by atoms with Crippen molar-refractivity contribution in [2.75, 3.05) is 58.9 Å². The van der Waals surface area contributed by atoms with Gasteiger partial charge in [0.05, 0.1) is 27.4 Å². The molecule has 0 atom stereocenters. The summed E-state index contributed by atoms with van der Waals surface area (Å²) in [6, 6.07) is 14.1. The maximum atomic E-state index is 5.83. The van der Waals surface area contributed by atoms with Gasteiger partial charge in [0.25, 0.3) is 0 Å². The molecule has 1 fully saturated rings. The van der Waals surface area contributed by atoms with Crippen molar-refractivity contribution in [3.63, 3.8) is 0 Å². The van der Waals surface area contributed by atoms with Crippen LogP contribution in [0.2, 0.25) is 0 Å². The molecule has 1 N–H and O–H groups in total. The van der Waals surface area contributed by atoms with Gasteiger partial charge in [-0.2, -0.15) is 0 Å². The molecule has 0 unspecified atom stereocenters. The van der Waals surface area contributed by atoms with Crippen LogP contribution in [0.25, 0.3) is 0 Å². The Hall–Kier alpha value is -2.35. The van der Waals surface area contributed by atoms with Crippen molar-refractivity contribution in [1.29, 1.82) is 0 Å². The van der Waals surface area contributed by atoms with Crippen LogP contribution in [0.1, 0.15) is 17.5 Å². The number of anilines is 1. The van der Waals surface area contributed by atoms with E-state index < -0.39 is 0 Å². The second kappa shape index (κ2) is 11.9. The van der Waals surface area contributed by atoms with Gasteiger partial charge in [-0.05, 0) is 49.3 Å². The van der Waals surface area contributed by atoms with Gasteiger partial charge in [-0.25, -0.2) is 0 Å². The van der Waals surface area contributed by atoms with Crippen LogP contribution in [-0.4, -0.2) is 68.5 Å². The highest BCUT2D eigenvalue weighted by Crippen LogP contribution is 2.26. The molecule has 168 valence electrons. The Balaban J connectivity index is 1.71. The van der Waals surface area contributed by atoms with Crippen LogP contribution in [0.5, 0.6) is 11.5 Å². The number of para-hydroxylation sites is 1. The maximum Gasteiger partial charge on any atom is 0.173 e. The van der Waals surface area contributed by atoms with Crippen molar-refractivity contribution in [3.05, 3.63) is 53.6 Å². The van der Waals surface area contributed by atoms with Gasteiger partial charge in [-0.15, -0.1) is 0 Å². The molecule has 0 aliphatic carbocycles. The van der Waals surface area contributed by atoms with Gasteiger partial charge in [0.15, 0.2) is 5.11 Å². The SMILES string of the molecule is COc1ccc(CN(CCCN2CCOCC2)C(=S)Nc2ccccc2C)c(OC)c1. The van der Waals surface area contributed by atoms with Gasteiger partial charge in [0.1, 0.15) is 11.5 Å². The Morgan fingerprint density at radius 1 is 1.13 bits per heavy atom. The second-order valence-corrected chi connectivity index (χ2v) is 8.04. The minimum atomic E-state index is 0.661. The number of benzene rings is 2. The third kappa shape index (κ3) is 6.82. The summed E-state index contributed by atoms with van der Waals surface area (Å²) in [4.78, 5) is 4.67. The first-order valence-electron chi connectivity index (χ1n) is 10.7. The fourth-order valence-corrected chi connectivity index (χ4v) is 3.92. The Morgan fingerprint density at radius 3 is 2.61 bits per heavy atom. The Kier molecular flexibility index (Phi) is 8.94. The average Bonchev–Trinajstić information content (AvgIpc) is 2.80. The number of ether oxygens (including phenoxy) is 3. The summed E-state index contributed by atoms with van der Waals surface area (Å²) in [6.07, 6.45) is 1.02. The van der Waals surface area contributed by atoms with E-state index in [1.54, 1.807) is 14.2 Å². The molecule has 2 aromatic carbocycles. The van der Waals surface area contributed by atoms with Gasteiger partial charge in [-0.3, -0.25) is 4.90 Å². The largest absolute Gasteiger partial charge is 0.497 e. The molecule has 6 nitrogen and oxygen atoms in total. The molecule has 2 aromatic rings. The van der Waals surface area contributed by atoms with Crippen LogP contribution in [0.4, 0.5) is 5.69 Å². The highest BCUT2D eigenvalue weighted by atomic mass is 32.1.